The number of carbonyl (C=O) groups excluding carboxylic acids is 2. The van der Waals surface area contributed by atoms with Crippen molar-refractivity contribution in [2.75, 3.05) is 7.11 Å². The first-order valence-corrected chi connectivity index (χ1v) is 9.93. The van der Waals surface area contributed by atoms with Gasteiger partial charge >= 0.3 is 0 Å². The molecule has 1 unspecified atom stereocenters. The molecule has 4 rings (SSSR count). The minimum Gasteiger partial charge on any atom is -0.507 e. The molecule has 1 aliphatic rings. The van der Waals surface area contributed by atoms with Crippen molar-refractivity contribution in [3.05, 3.63) is 94.4 Å². The number of Topliss-reactive ketones (excluding diaryl/α,β-unsaturated/α-hetero) is 1. The van der Waals surface area contributed by atoms with Gasteiger partial charge in [0.25, 0.3) is 11.7 Å². The Hall–Kier alpha value is -3.80. The van der Waals surface area contributed by atoms with Gasteiger partial charge in [-0.15, -0.1) is 0 Å². The number of aliphatic hydroxyl groups excluding tert-OH is 1. The van der Waals surface area contributed by atoms with Gasteiger partial charge in [0.15, 0.2) is 0 Å². The average molecular weight is 417 g/mol. The quantitative estimate of drug-likeness (QED) is 0.375. The fourth-order valence-corrected chi connectivity index (χ4v) is 4.14. The number of aliphatic hydroxyl groups is 1. The van der Waals surface area contributed by atoms with Gasteiger partial charge in [-0.3, -0.25) is 9.59 Å². The highest BCUT2D eigenvalue weighted by molar-refractivity contribution is 6.46. The van der Waals surface area contributed by atoms with Crippen LogP contribution in [-0.2, 0) is 16.1 Å². The van der Waals surface area contributed by atoms with Crippen LogP contribution >= 0.6 is 0 Å². The Morgan fingerprint density at radius 3 is 2.48 bits per heavy atom. The van der Waals surface area contributed by atoms with Crippen molar-refractivity contribution in [1.82, 2.24) is 4.90 Å². The number of hydrogen-bond donors (Lipinski definition) is 1. The molecule has 0 bridgehead atoms. The third-order valence-electron chi connectivity index (χ3n) is 5.44. The number of ether oxygens (including phenoxy) is 1. The van der Waals surface area contributed by atoms with E-state index in [0.29, 0.717) is 17.1 Å². The van der Waals surface area contributed by atoms with Crippen molar-refractivity contribution in [3.8, 4) is 5.75 Å². The number of aryl methyl sites for hydroxylation is 2. The van der Waals surface area contributed by atoms with Crippen LogP contribution in [0.25, 0.3) is 5.76 Å². The number of ketones is 1. The standard InChI is InChI=1S/C25H23NO5/c1-15-12-16(2)24(30-3)19(13-15)22(27)20-21(17-8-5-4-6-9-17)26(25(29)23(20)28)14-18-10-7-11-31-18/h4-13,21,27H,14H2,1-3H3/b22-20+. The van der Waals surface area contributed by atoms with Gasteiger partial charge in [0, 0.05) is 0 Å². The third-order valence-corrected chi connectivity index (χ3v) is 5.44. The number of methoxy groups -OCH3 is 1. The Labute approximate surface area is 180 Å². The molecule has 2 aromatic carbocycles. The number of benzene rings is 2. The van der Waals surface area contributed by atoms with Crippen molar-refractivity contribution in [2.24, 2.45) is 0 Å². The van der Waals surface area contributed by atoms with Gasteiger partial charge in [0.2, 0.25) is 0 Å². The molecule has 1 aromatic heterocycles. The van der Waals surface area contributed by atoms with Crippen molar-refractivity contribution in [1.29, 1.82) is 0 Å². The number of likely N-dealkylation sites (tertiary alicyclic amines) is 1. The van der Waals surface area contributed by atoms with Gasteiger partial charge in [-0.2, -0.15) is 0 Å². The summed E-state index contributed by atoms with van der Waals surface area (Å²) in [4.78, 5) is 27.6. The highest BCUT2D eigenvalue weighted by atomic mass is 16.5. The van der Waals surface area contributed by atoms with Gasteiger partial charge in [0.1, 0.15) is 17.3 Å². The second kappa shape index (κ2) is 8.14. The summed E-state index contributed by atoms with van der Waals surface area (Å²) < 4.78 is 10.9. The van der Waals surface area contributed by atoms with Crippen LogP contribution in [0.3, 0.4) is 0 Å². The summed E-state index contributed by atoms with van der Waals surface area (Å²) in [5, 5.41) is 11.3. The Kier molecular flexibility index (Phi) is 5.38. The van der Waals surface area contributed by atoms with E-state index in [-0.39, 0.29) is 17.9 Å². The molecule has 0 aliphatic carbocycles. The summed E-state index contributed by atoms with van der Waals surface area (Å²) >= 11 is 0. The maximum absolute atomic E-state index is 13.1. The van der Waals surface area contributed by atoms with E-state index in [9.17, 15) is 14.7 Å². The highest BCUT2D eigenvalue weighted by Gasteiger charge is 2.46. The Balaban J connectivity index is 1.93. The van der Waals surface area contributed by atoms with Gasteiger partial charge < -0.3 is 19.2 Å². The largest absolute Gasteiger partial charge is 0.507 e. The maximum atomic E-state index is 13.1. The Bertz CT molecular complexity index is 1160. The Morgan fingerprint density at radius 1 is 1.10 bits per heavy atom. The van der Waals surface area contributed by atoms with Crippen LogP contribution in [0, 0.1) is 13.8 Å². The van der Waals surface area contributed by atoms with Crippen LogP contribution in [0.5, 0.6) is 5.75 Å². The molecule has 0 spiro atoms. The Morgan fingerprint density at radius 2 is 1.84 bits per heavy atom. The molecule has 1 saturated heterocycles. The summed E-state index contributed by atoms with van der Waals surface area (Å²) in [5.41, 5.74) is 2.87. The molecule has 1 N–H and O–H groups in total. The zero-order valence-electron chi connectivity index (χ0n) is 17.6. The molecular formula is C25H23NO5. The second-order valence-corrected chi connectivity index (χ2v) is 7.58. The van der Waals surface area contributed by atoms with E-state index in [0.717, 1.165) is 16.7 Å². The number of nitrogens with zero attached hydrogens (tertiary/aromatic N) is 1. The van der Waals surface area contributed by atoms with Crippen LogP contribution in [0.1, 0.15) is 34.1 Å². The maximum Gasteiger partial charge on any atom is 0.296 e. The van der Waals surface area contributed by atoms with E-state index in [1.807, 2.05) is 50.2 Å². The summed E-state index contributed by atoms with van der Waals surface area (Å²) in [6.07, 6.45) is 1.52. The molecule has 3 aromatic rings. The summed E-state index contributed by atoms with van der Waals surface area (Å²) in [7, 11) is 1.51. The number of rotatable bonds is 5. The van der Waals surface area contributed by atoms with Gasteiger partial charge in [-0.1, -0.05) is 36.4 Å². The molecule has 1 aliphatic heterocycles. The van der Waals surface area contributed by atoms with Crippen molar-refractivity contribution in [2.45, 2.75) is 26.4 Å². The van der Waals surface area contributed by atoms with Gasteiger partial charge in [-0.05, 0) is 48.7 Å². The first-order chi connectivity index (χ1) is 14.9. The minimum atomic E-state index is -0.753. The molecule has 6 nitrogen and oxygen atoms in total. The predicted octanol–water partition coefficient (Wildman–Crippen LogP) is 4.53. The molecule has 158 valence electrons. The third kappa shape index (κ3) is 3.61. The van der Waals surface area contributed by atoms with Gasteiger partial charge in [0.05, 0.1) is 37.1 Å². The molecule has 1 amide bonds. The van der Waals surface area contributed by atoms with Crippen LogP contribution in [0.2, 0.25) is 0 Å². The molecule has 0 radical (unpaired) electrons. The van der Waals surface area contributed by atoms with Gasteiger partial charge in [-0.25, -0.2) is 0 Å². The van der Waals surface area contributed by atoms with Crippen LogP contribution in [0.4, 0.5) is 0 Å². The fourth-order valence-electron chi connectivity index (χ4n) is 4.14. The zero-order chi connectivity index (χ0) is 22.1. The van der Waals surface area contributed by atoms with Crippen LogP contribution in [0.15, 0.2) is 70.9 Å². The van der Waals surface area contributed by atoms with E-state index in [4.69, 9.17) is 9.15 Å². The van der Waals surface area contributed by atoms with Crippen LogP contribution < -0.4 is 4.74 Å². The summed E-state index contributed by atoms with van der Waals surface area (Å²) in [6, 6.07) is 15.6. The number of hydrogen-bond acceptors (Lipinski definition) is 5. The van der Waals surface area contributed by atoms with Crippen molar-refractivity contribution < 1.29 is 23.8 Å². The highest BCUT2D eigenvalue weighted by Crippen LogP contribution is 2.42. The molecule has 2 heterocycles. The lowest BCUT2D eigenvalue weighted by atomic mass is 9.93. The summed E-state index contributed by atoms with van der Waals surface area (Å²) in [5.74, 6) is -0.661. The molecule has 1 fully saturated rings. The van der Waals surface area contributed by atoms with Crippen molar-refractivity contribution >= 4 is 17.4 Å². The second-order valence-electron chi connectivity index (χ2n) is 7.58. The van der Waals surface area contributed by atoms with Crippen LogP contribution in [-0.4, -0.2) is 28.8 Å². The van der Waals surface area contributed by atoms with E-state index in [1.54, 1.807) is 18.2 Å². The lowest BCUT2D eigenvalue weighted by Crippen LogP contribution is -2.29. The van der Waals surface area contributed by atoms with Crippen molar-refractivity contribution in [3.63, 3.8) is 0 Å². The molecular weight excluding hydrogens is 394 g/mol. The van der Waals surface area contributed by atoms with E-state index >= 15 is 0 Å². The minimum absolute atomic E-state index is 0.0334. The first kappa shape index (κ1) is 20.5. The lowest BCUT2D eigenvalue weighted by Gasteiger charge is -2.24. The SMILES string of the molecule is COc1c(C)cc(C)cc1/C(O)=C1\C(=O)C(=O)N(Cc2ccco2)C1c1ccccc1. The smallest absolute Gasteiger partial charge is 0.296 e. The molecule has 31 heavy (non-hydrogen) atoms. The number of furan rings is 1. The zero-order valence-corrected chi connectivity index (χ0v) is 17.6. The fraction of sp³-hybridized carbons (Fsp3) is 0.200. The van der Waals surface area contributed by atoms with E-state index in [2.05, 4.69) is 0 Å². The molecule has 6 heteroatoms. The number of amides is 1. The monoisotopic (exact) mass is 417 g/mol. The molecule has 1 atom stereocenters. The predicted molar refractivity (Wildman–Crippen MR) is 115 cm³/mol. The average Bonchev–Trinajstić information content (AvgIpc) is 3.36. The molecule has 0 saturated carbocycles. The van der Waals surface area contributed by atoms with E-state index in [1.165, 1.54) is 18.3 Å². The number of carbonyl (C=O) groups is 2. The normalized spacial score (nSPS) is 17.9. The topological polar surface area (TPSA) is 80.0 Å². The summed E-state index contributed by atoms with van der Waals surface area (Å²) in [6.45, 7) is 3.87. The van der Waals surface area contributed by atoms with E-state index < -0.39 is 17.7 Å². The lowest BCUT2D eigenvalue weighted by molar-refractivity contribution is -0.140. The first-order valence-electron chi connectivity index (χ1n) is 9.93.